The lowest BCUT2D eigenvalue weighted by atomic mass is 10.1. The standard InChI is InChI=1S/C22H27ClN2O4/c1-13(2)8-9-29-20-17(23)11-16(12-19(20)28-5)22(27)25-18-7-6-15(10-14(18)3)21(26)24-4/h6-7,10-13H,8-9H2,1-5H3,(H,24,26)(H,25,27). The zero-order valence-electron chi connectivity index (χ0n) is 17.4. The molecule has 6 nitrogen and oxygen atoms in total. The normalized spacial score (nSPS) is 10.6. The number of amides is 2. The fraction of sp³-hybridized carbons (Fsp3) is 0.364. The summed E-state index contributed by atoms with van der Waals surface area (Å²) in [6.45, 7) is 6.55. The molecule has 0 saturated carbocycles. The third-order valence-electron chi connectivity index (χ3n) is 4.40. The van der Waals surface area contributed by atoms with Crippen molar-refractivity contribution in [2.24, 2.45) is 5.92 Å². The van der Waals surface area contributed by atoms with E-state index < -0.39 is 0 Å². The van der Waals surface area contributed by atoms with E-state index in [9.17, 15) is 9.59 Å². The molecule has 0 unspecified atom stereocenters. The lowest BCUT2D eigenvalue weighted by molar-refractivity contribution is 0.0962. The van der Waals surface area contributed by atoms with Crippen molar-refractivity contribution in [1.29, 1.82) is 0 Å². The van der Waals surface area contributed by atoms with Crippen molar-refractivity contribution in [3.05, 3.63) is 52.0 Å². The number of hydrogen-bond donors (Lipinski definition) is 2. The van der Waals surface area contributed by atoms with Gasteiger partial charge in [-0.3, -0.25) is 9.59 Å². The van der Waals surface area contributed by atoms with E-state index >= 15 is 0 Å². The number of ether oxygens (including phenoxy) is 2. The van der Waals surface area contributed by atoms with E-state index in [0.29, 0.717) is 45.9 Å². The van der Waals surface area contributed by atoms with Crippen LogP contribution in [-0.4, -0.2) is 32.6 Å². The highest BCUT2D eigenvalue weighted by atomic mass is 35.5. The van der Waals surface area contributed by atoms with Gasteiger partial charge in [0.15, 0.2) is 11.5 Å². The van der Waals surface area contributed by atoms with Crippen molar-refractivity contribution in [2.75, 3.05) is 26.1 Å². The molecular formula is C22H27ClN2O4. The van der Waals surface area contributed by atoms with Gasteiger partial charge in [0, 0.05) is 23.9 Å². The zero-order valence-corrected chi connectivity index (χ0v) is 18.1. The molecule has 0 aliphatic heterocycles. The van der Waals surface area contributed by atoms with Crippen LogP contribution in [0.3, 0.4) is 0 Å². The van der Waals surface area contributed by atoms with Crippen LogP contribution in [0.1, 0.15) is 46.5 Å². The molecule has 2 amide bonds. The van der Waals surface area contributed by atoms with E-state index in [1.165, 1.54) is 7.11 Å². The summed E-state index contributed by atoms with van der Waals surface area (Å²) >= 11 is 6.35. The molecule has 0 aliphatic carbocycles. The molecule has 29 heavy (non-hydrogen) atoms. The second-order valence-electron chi connectivity index (χ2n) is 7.08. The second-order valence-corrected chi connectivity index (χ2v) is 7.49. The number of benzene rings is 2. The minimum absolute atomic E-state index is 0.185. The molecular weight excluding hydrogens is 392 g/mol. The number of nitrogens with one attached hydrogen (secondary N) is 2. The summed E-state index contributed by atoms with van der Waals surface area (Å²) in [6, 6.07) is 8.22. The fourth-order valence-electron chi connectivity index (χ4n) is 2.67. The number of halogens is 1. The van der Waals surface area contributed by atoms with Crippen LogP contribution in [0, 0.1) is 12.8 Å². The molecule has 0 heterocycles. The molecule has 0 radical (unpaired) electrons. The number of carbonyl (C=O) groups excluding carboxylic acids is 2. The lowest BCUT2D eigenvalue weighted by Crippen LogP contribution is -2.18. The van der Waals surface area contributed by atoms with Gasteiger partial charge in [-0.05, 0) is 55.2 Å². The van der Waals surface area contributed by atoms with Gasteiger partial charge in [-0.15, -0.1) is 0 Å². The monoisotopic (exact) mass is 418 g/mol. The summed E-state index contributed by atoms with van der Waals surface area (Å²) < 4.78 is 11.1. The van der Waals surface area contributed by atoms with Crippen molar-refractivity contribution in [1.82, 2.24) is 5.32 Å². The number of methoxy groups -OCH3 is 1. The molecule has 2 aromatic rings. The highest BCUT2D eigenvalue weighted by molar-refractivity contribution is 6.32. The van der Waals surface area contributed by atoms with Gasteiger partial charge in [-0.2, -0.15) is 0 Å². The van der Waals surface area contributed by atoms with Gasteiger partial charge in [0.25, 0.3) is 11.8 Å². The van der Waals surface area contributed by atoms with Gasteiger partial charge < -0.3 is 20.1 Å². The molecule has 0 fully saturated rings. The Morgan fingerprint density at radius 2 is 1.83 bits per heavy atom. The predicted molar refractivity (Wildman–Crippen MR) is 115 cm³/mol. The maximum atomic E-state index is 12.7. The quantitative estimate of drug-likeness (QED) is 0.651. The maximum absolute atomic E-state index is 12.7. The average Bonchev–Trinajstić information content (AvgIpc) is 2.69. The lowest BCUT2D eigenvalue weighted by Gasteiger charge is -2.15. The van der Waals surface area contributed by atoms with E-state index in [4.69, 9.17) is 21.1 Å². The third-order valence-corrected chi connectivity index (χ3v) is 4.68. The molecule has 0 spiro atoms. The van der Waals surface area contributed by atoms with E-state index in [1.54, 1.807) is 37.4 Å². The first-order valence-electron chi connectivity index (χ1n) is 9.41. The fourth-order valence-corrected chi connectivity index (χ4v) is 2.94. The highest BCUT2D eigenvalue weighted by Gasteiger charge is 2.17. The van der Waals surface area contributed by atoms with Crippen LogP contribution in [-0.2, 0) is 0 Å². The topological polar surface area (TPSA) is 76.7 Å². The number of aryl methyl sites for hydroxylation is 1. The van der Waals surface area contributed by atoms with Gasteiger partial charge in [0.2, 0.25) is 0 Å². The van der Waals surface area contributed by atoms with Gasteiger partial charge in [0.1, 0.15) is 0 Å². The van der Waals surface area contributed by atoms with Crippen LogP contribution in [0.25, 0.3) is 0 Å². The van der Waals surface area contributed by atoms with E-state index in [2.05, 4.69) is 24.5 Å². The number of anilines is 1. The summed E-state index contributed by atoms with van der Waals surface area (Å²) in [5, 5.41) is 5.72. The van der Waals surface area contributed by atoms with Crippen LogP contribution in [0.5, 0.6) is 11.5 Å². The molecule has 156 valence electrons. The minimum Gasteiger partial charge on any atom is -0.493 e. The number of carbonyl (C=O) groups is 2. The Morgan fingerprint density at radius 1 is 1.10 bits per heavy atom. The Morgan fingerprint density at radius 3 is 2.41 bits per heavy atom. The van der Waals surface area contributed by atoms with Crippen LogP contribution in [0.4, 0.5) is 5.69 Å². The zero-order chi connectivity index (χ0) is 21.6. The summed E-state index contributed by atoms with van der Waals surface area (Å²) in [6.07, 6.45) is 0.882. The van der Waals surface area contributed by atoms with Gasteiger partial charge in [-0.1, -0.05) is 25.4 Å². The van der Waals surface area contributed by atoms with Crippen LogP contribution in [0.2, 0.25) is 5.02 Å². The first kappa shape index (κ1) is 22.6. The van der Waals surface area contributed by atoms with Crippen LogP contribution in [0.15, 0.2) is 30.3 Å². The third kappa shape index (κ3) is 5.87. The Hall–Kier alpha value is -2.73. The number of rotatable bonds is 8. The molecule has 0 bridgehead atoms. The summed E-state index contributed by atoms with van der Waals surface area (Å²) in [4.78, 5) is 24.5. The van der Waals surface area contributed by atoms with E-state index in [-0.39, 0.29) is 11.8 Å². The highest BCUT2D eigenvalue weighted by Crippen LogP contribution is 2.37. The number of hydrogen-bond acceptors (Lipinski definition) is 4. The van der Waals surface area contributed by atoms with Gasteiger partial charge in [0.05, 0.1) is 18.7 Å². The SMILES string of the molecule is CNC(=O)c1ccc(NC(=O)c2cc(Cl)c(OCCC(C)C)c(OC)c2)c(C)c1. The predicted octanol–water partition coefficient (Wildman–Crippen LogP) is 4.69. The Kier molecular flexibility index (Phi) is 7.91. The molecule has 0 saturated heterocycles. The summed E-state index contributed by atoms with van der Waals surface area (Å²) in [7, 11) is 3.07. The Balaban J connectivity index is 2.20. The van der Waals surface area contributed by atoms with E-state index in [0.717, 1.165) is 12.0 Å². The van der Waals surface area contributed by atoms with Crippen LogP contribution < -0.4 is 20.1 Å². The first-order chi connectivity index (χ1) is 13.8. The molecule has 2 aromatic carbocycles. The summed E-state index contributed by atoms with van der Waals surface area (Å²) in [5.41, 5.74) is 2.25. The average molecular weight is 419 g/mol. The largest absolute Gasteiger partial charge is 0.493 e. The van der Waals surface area contributed by atoms with Crippen molar-refractivity contribution in [2.45, 2.75) is 27.2 Å². The van der Waals surface area contributed by atoms with Crippen molar-refractivity contribution in [3.8, 4) is 11.5 Å². The first-order valence-corrected chi connectivity index (χ1v) is 9.79. The van der Waals surface area contributed by atoms with Gasteiger partial charge in [-0.25, -0.2) is 0 Å². The molecule has 0 aromatic heterocycles. The van der Waals surface area contributed by atoms with Crippen LogP contribution >= 0.6 is 11.6 Å². The van der Waals surface area contributed by atoms with Crippen molar-refractivity contribution >= 4 is 29.1 Å². The molecule has 0 atom stereocenters. The van der Waals surface area contributed by atoms with Crippen molar-refractivity contribution < 1.29 is 19.1 Å². The minimum atomic E-state index is -0.338. The van der Waals surface area contributed by atoms with Crippen molar-refractivity contribution in [3.63, 3.8) is 0 Å². The van der Waals surface area contributed by atoms with Gasteiger partial charge >= 0.3 is 0 Å². The smallest absolute Gasteiger partial charge is 0.255 e. The molecule has 2 rings (SSSR count). The van der Waals surface area contributed by atoms with E-state index in [1.807, 2.05) is 6.92 Å². The Bertz CT molecular complexity index is 897. The summed E-state index contributed by atoms with van der Waals surface area (Å²) in [5.74, 6) is 0.809. The Labute approximate surface area is 176 Å². The maximum Gasteiger partial charge on any atom is 0.255 e. The molecule has 2 N–H and O–H groups in total. The second kappa shape index (κ2) is 10.2. The molecule has 0 aliphatic rings. The molecule has 7 heteroatoms.